The molecule has 0 aliphatic carbocycles. The summed E-state index contributed by atoms with van der Waals surface area (Å²) < 4.78 is 51.6. The summed E-state index contributed by atoms with van der Waals surface area (Å²) >= 11 is 0. The molecule has 0 spiro atoms. The third kappa shape index (κ3) is 3.67. The molecule has 2 unspecified atom stereocenters. The van der Waals surface area contributed by atoms with E-state index in [1.807, 2.05) is 6.92 Å². The molecule has 0 saturated heterocycles. The van der Waals surface area contributed by atoms with Crippen LogP contribution < -0.4 is 5.73 Å². The summed E-state index contributed by atoms with van der Waals surface area (Å²) in [7, 11) is 0. The van der Waals surface area contributed by atoms with Gasteiger partial charge in [-0.3, -0.25) is 0 Å². The number of alkyl halides is 3. The van der Waals surface area contributed by atoms with Crippen molar-refractivity contribution < 1.29 is 22.7 Å². The highest BCUT2D eigenvalue weighted by Crippen LogP contribution is 2.35. The molecule has 0 aromatic heterocycles. The maximum absolute atomic E-state index is 13.8. The first kappa shape index (κ1) is 15.9. The quantitative estimate of drug-likeness (QED) is 0.813. The maximum Gasteiger partial charge on any atom is 0.419 e. The van der Waals surface area contributed by atoms with Gasteiger partial charge in [-0.15, -0.1) is 0 Å². The molecule has 1 rings (SSSR count). The van der Waals surface area contributed by atoms with Crippen molar-refractivity contribution in [1.82, 2.24) is 0 Å². The van der Waals surface area contributed by atoms with E-state index in [0.717, 1.165) is 12.1 Å². The van der Waals surface area contributed by atoms with Gasteiger partial charge in [0.15, 0.2) is 0 Å². The van der Waals surface area contributed by atoms with E-state index in [-0.39, 0.29) is 12.1 Å². The van der Waals surface area contributed by atoms with E-state index < -0.39 is 29.6 Å². The van der Waals surface area contributed by atoms with Crippen molar-refractivity contribution in [3.63, 3.8) is 0 Å². The van der Waals surface area contributed by atoms with Crippen LogP contribution in [0.3, 0.4) is 0 Å². The summed E-state index contributed by atoms with van der Waals surface area (Å²) in [5.74, 6) is -1.87. The van der Waals surface area contributed by atoms with Gasteiger partial charge < -0.3 is 10.8 Å². The molecule has 3 N–H and O–H groups in total. The minimum absolute atomic E-state index is 0.0880. The highest BCUT2D eigenvalue weighted by molar-refractivity contribution is 5.30. The number of hydrogen-bond acceptors (Lipinski definition) is 2. The number of halogens is 4. The lowest BCUT2D eigenvalue weighted by Gasteiger charge is -2.22. The standard InChI is InChI=1S/C13H17F4NO/c1-2-4-8(7-18)12(19)9-5-3-6-10(11(9)14)13(15,16)17/h3,5-6,8,12,19H,2,4,7,18H2,1H3. The molecule has 0 bridgehead atoms. The van der Waals surface area contributed by atoms with Gasteiger partial charge >= 0.3 is 6.18 Å². The van der Waals surface area contributed by atoms with E-state index in [1.165, 1.54) is 0 Å². The smallest absolute Gasteiger partial charge is 0.388 e. The molecule has 0 aliphatic heterocycles. The lowest BCUT2D eigenvalue weighted by Crippen LogP contribution is -2.23. The zero-order chi connectivity index (χ0) is 14.6. The molecule has 0 fully saturated rings. The van der Waals surface area contributed by atoms with E-state index in [0.29, 0.717) is 18.9 Å². The summed E-state index contributed by atoms with van der Waals surface area (Å²) in [6.07, 6.45) is -4.87. The molecule has 2 atom stereocenters. The van der Waals surface area contributed by atoms with Crippen molar-refractivity contribution in [1.29, 1.82) is 0 Å². The average molecular weight is 279 g/mol. The topological polar surface area (TPSA) is 46.2 Å². The third-order valence-corrected chi connectivity index (χ3v) is 3.06. The van der Waals surface area contributed by atoms with Crippen LogP contribution >= 0.6 is 0 Å². The Morgan fingerprint density at radius 1 is 1.32 bits per heavy atom. The van der Waals surface area contributed by atoms with Crippen molar-refractivity contribution in [2.45, 2.75) is 32.0 Å². The van der Waals surface area contributed by atoms with Crippen molar-refractivity contribution in [3.8, 4) is 0 Å². The van der Waals surface area contributed by atoms with Crippen LogP contribution in [0.2, 0.25) is 0 Å². The van der Waals surface area contributed by atoms with Crippen LogP contribution in [-0.4, -0.2) is 11.7 Å². The monoisotopic (exact) mass is 279 g/mol. The number of hydrogen-bond donors (Lipinski definition) is 2. The first-order valence-corrected chi connectivity index (χ1v) is 6.06. The highest BCUT2D eigenvalue weighted by Gasteiger charge is 2.36. The molecule has 1 aromatic rings. The fraction of sp³-hybridized carbons (Fsp3) is 0.538. The molecule has 1 aromatic carbocycles. The number of benzene rings is 1. The molecule has 0 saturated carbocycles. The first-order valence-electron chi connectivity index (χ1n) is 6.06. The van der Waals surface area contributed by atoms with Crippen molar-refractivity contribution >= 4 is 0 Å². The summed E-state index contributed by atoms with van der Waals surface area (Å²) in [5, 5.41) is 10.00. The number of nitrogens with two attached hydrogens (primary N) is 1. The fourth-order valence-electron chi connectivity index (χ4n) is 2.03. The van der Waals surface area contributed by atoms with Crippen LogP contribution in [0, 0.1) is 11.7 Å². The lowest BCUT2D eigenvalue weighted by molar-refractivity contribution is -0.140. The van der Waals surface area contributed by atoms with E-state index in [2.05, 4.69) is 0 Å². The molecule has 2 nitrogen and oxygen atoms in total. The summed E-state index contributed by atoms with van der Waals surface area (Å²) in [4.78, 5) is 0. The van der Waals surface area contributed by atoms with Gasteiger partial charge in [-0.25, -0.2) is 4.39 Å². The zero-order valence-corrected chi connectivity index (χ0v) is 10.5. The average Bonchev–Trinajstić information content (AvgIpc) is 2.34. The van der Waals surface area contributed by atoms with E-state index in [4.69, 9.17) is 5.73 Å². The largest absolute Gasteiger partial charge is 0.419 e. The minimum atomic E-state index is -4.78. The Bertz CT molecular complexity index is 420. The Balaban J connectivity index is 3.14. The normalized spacial score (nSPS) is 15.3. The Kier molecular flexibility index (Phi) is 5.31. The molecule has 6 heteroatoms. The van der Waals surface area contributed by atoms with Crippen LogP contribution in [0.15, 0.2) is 18.2 Å². The van der Waals surface area contributed by atoms with Crippen molar-refractivity contribution in [2.75, 3.05) is 6.54 Å². The first-order chi connectivity index (χ1) is 8.82. The molecule has 0 aliphatic rings. The Labute approximate surface area is 109 Å². The van der Waals surface area contributed by atoms with Gasteiger partial charge in [0.2, 0.25) is 0 Å². The van der Waals surface area contributed by atoms with Gasteiger partial charge in [-0.2, -0.15) is 13.2 Å². The predicted molar refractivity (Wildman–Crippen MR) is 63.8 cm³/mol. The molecule has 108 valence electrons. The van der Waals surface area contributed by atoms with E-state index in [9.17, 15) is 22.7 Å². The van der Waals surface area contributed by atoms with Crippen LogP contribution in [0.25, 0.3) is 0 Å². The highest BCUT2D eigenvalue weighted by atomic mass is 19.4. The Morgan fingerprint density at radius 2 is 1.95 bits per heavy atom. The Hall–Kier alpha value is -1.14. The molecule has 0 amide bonds. The predicted octanol–water partition coefficient (Wildman–Crippen LogP) is 3.25. The minimum Gasteiger partial charge on any atom is -0.388 e. The van der Waals surface area contributed by atoms with Crippen LogP contribution in [0.5, 0.6) is 0 Å². The zero-order valence-electron chi connectivity index (χ0n) is 10.5. The van der Waals surface area contributed by atoms with Gasteiger partial charge in [0.25, 0.3) is 0 Å². The molecular formula is C13H17F4NO. The van der Waals surface area contributed by atoms with Crippen LogP contribution in [0.4, 0.5) is 17.6 Å². The van der Waals surface area contributed by atoms with Crippen molar-refractivity contribution in [2.24, 2.45) is 11.7 Å². The number of aliphatic hydroxyl groups is 1. The second-order valence-corrected chi connectivity index (χ2v) is 4.44. The number of aliphatic hydroxyl groups excluding tert-OH is 1. The SMILES string of the molecule is CCCC(CN)C(O)c1cccc(C(F)(F)F)c1F. The van der Waals surface area contributed by atoms with Crippen molar-refractivity contribution in [3.05, 3.63) is 35.1 Å². The van der Waals surface area contributed by atoms with Crippen LogP contribution in [0.1, 0.15) is 37.0 Å². The summed E-state index contributed by atoms with van der Waals surface area (Å²) in [6.45, 7) is 1.95. The summed E-state index contributed by atoms with van der Waals surface area (Å²) in [6, 6.07) is 2.90. The maximum atomic E-state index is 13.8. The van der Waals surface area contributed by atoms with Gasteiger partial charge in [0.1, 0.15) is 5.82 Å². The van der Waals surface area contributed by atoms with Gasteiger partial charge in [0.05, 0.1) is 11.7 Å². The summed E-state index contributed by atoms with van der Waals surface area (Å²) in [5.41, 5.74) is 3.75. The number of rotatable bonds is 5. The van der Waals surface area contributed by atoms with Crippen LogP contribution in [-0.2, 0) is 6.18 Å². The molecule has 0 radical (unpaired) electrons. The van der Waals surface area contributed by atoms with Gasteiger partial charge in [-0.1, -0.05) is 25.5 Å². The fourth-order valence-corrected chi connectivity index (χ4v) is 2.03. The second-order valence-electron chi connectivity index (χ2n) is 4.44. The van der Waals surface area contributed by atoms with E-state index >= 15 is 0 Å². The molecule has 0 heterocycles. The van der Waals surface area contributed by atoms with Gasteiger partial charge in [-0.05, 0) is 19.0 Å². The second kappa shape index (κ2) is 6.34. The molecule has 19 heavy (non-hydrogen) atoms. The Morgan fingerprint density at radius 3 is 2.42 bits per heavy atom. The van der Waals surface area contributed by atoms with E-state index in [1.54, 1.807) is 0 Å². The third-order valence-electron chi connectivity index (χ3n) is 3.06. The van der Waals surface area contributed by atoms with Gasteiger partial charge in [0, 0.05) is 11.5 Å². The lowest BCUT2D eigenvalue weighted by atomic mass is 9.90. The molecular weight excluding hydrogens is 262 g/mol.